The second kappa shape index (κ2) is 7.11. The van der Waals surface area contributed by atoms with E-state index in [1.165, 1.54) is 11.1 Å². The highest BCUT2D eigenvalue weighted by Gasteiger charge is 2.09. The molecule has 2 nitrogen and oxygen atoms in total. The maximum atomic E-state index is 6.12. The van der Waals surface area contributed by atoms with Crippen LogP contribution in [0.25, 0.3) is 0 Å². The molecule has 0 bridgehead atoms. The fourth-order valence-electron chi connectivity index (χ4n) is 2.01. The van der Waals surface area contributed by atoms with Crippen LogP contribution >= 0.6 is 0 Å². The highest BCUT2D eigenvalue weighted by molar-refractivity contribution is 5.29. The van der Waals surface area contributed by atoms with E-state index in [0.717, 1.165) is 12.2 Å². The van der Waals surface area contributed by atoms with E-state index in [1.807, 2.05) is 30.3 Å². The van der Waals surface area contributed by atoms with E-state index in [0.29, 0.717) is 12.5 Å². The molecular weight excluding hydrogens is 246 g/mol. The van der Waals surface area contributed by atoms with Gasteiger partial charge in [-0.1, -0.05) is 56.3 Å². The van der Waals surface area contributed by atoms with Crippen molar-refractivity contribution in [2.45, 2.75) is 32.9 Å². The zero-order chi connectivity index (χ0) is 14.4. The van der Waals surface area contributed by atoms with Crippen molar-refractivity contribution >= 4 is 0 Å². The summed E-state index contributed by atoms with van der Waals surface area (Å²) < 4.78 is 5.83. The summed E-state index contributed by atoms with van der Waals surface area (Å²) in [6.45, 7) is 4.90. The van der Waals surface area contributed by atoms with Gasteiger partial charge < -0.3 is 10.5 Å². The molecule has 0 saturated heterocycles. The maximum absolute atomic E-state index is 6.12. The lowest BCUT2D eigenvalue weighted by Crippen LogP contribution is -2.28. The Bertz CT molecular complexity index is 522. The van der Waals surface area contributed by atoms with Gasteiger partial charge in [0.1, 0.15) is 12.4 Å². The van der Waals surface area contributed by atoms with Crippen LogP contribution in [0.4, 0.5) is 0 Å². The monoisotopic (exact) mass is 269 g/mol. The normalized spacial score (nSPS) is 12.4. The predicted octanol–water partition coefficient (Wildman–Crippen LogP) is 3.79. The standard InChI is InChI=1S/C18H23NO/c1-14(2)18(19)12-16-9-6-10-17(11-16)20-13-15-7-4-3-5-8-15/h3-11,14,18H,12-13,19H2,1-2H3. The van der Waals surface area contributed by atoms with Crippen molar-refractivity contribution in [1.29, 1.82) is 0 Å². The van der Waals surface area contributed by atoms with Gasteiger partial charge in [0.15, 0.2) is 0 Å². The van der Waals surface area contributed by atoms with Gasteiger partial charge >= 0.3 is 0 Å². The van der Waals surface area contributed by atoms with E-state index >= 15 is 0 Å². The molecule has 0 aromatic heterocycles. The Kier molecular flexibility index (Phi) is 5.19. The molecular formula is C18H23NO. The number of nitrogens with two attached hydrogens (primary N) is 1. The van der Waals surface area contributed by atoms with E-state index in [2.05, 4.69) is 38.1 Å². The van der Waals surface area contributed by atoms with Crippen molar-refractivity contribution in [2.24, 2.45) is 11.7 Å². The van der Waals surface area contributed by atoms with Crippen LogP contribution in [0.2, 0.25) is 0 Å². The van der Waals surface area contributed by atoms with Crippen molar-refractivity contribution in [3.63, 3.8) is 0 Å². The number of hydrogen-bond acceptors (Lipinski definition) is 2. The number of rotatable bonds is 6. The molecule has 0 aliphatic rings. The summed E-state index contributed by atoms with van der Waals surface area (Å²) in [4.78, 5) is 0. The van der Waals surface area contributed by atoms with Crippen LogP contribution < -0.4 is 10.5 Å². The molecule has 0 spiro atoms. The molecule has 0 radical (unpaired) electrons. The lowest BCUT2D eigenvalue weighted by Gasteiger charge is -2.16. The summed E-state index contributed by atoms with van der Waals surface area (Å²) in [5.74, 6) is 1.39. The van der Waals surface area contributed by atoms with Gasteiger partial charge in [0, 0.05) is 6.04 Å². The fraction of sp³-hybridized carbons (Fsp3) is 0.333. The van der Waals surface area contributed by atoms with Gasteiger partial charge in [-0.3, -0.25) is 0 Å². The average Bonchev–Trinajstić information content (AvgIpc) is 2.46. The van der Waals surface area contributed by atoms with Gasteiger partial charge in [-0.15, -0.1) is 0 Å². The molecule has 2 aromatic carbocycles. The van der Waals surface area contributed by atoms with Gasteiger partial charge in [0.25, 0.3) is 0 Å². The Hall–Kier alpha value is -1.80. The Balaban J connectivity index is 1.96. The van der Waals surface area contributed by atoms with E-state index < -0.39 is 0 Å². The van der Waals surface area contributed by atoms with E-state index in [4.69, 9.17) is 10.5 Å². The summed E-state index contributed by atoms with van der Waals surface area (Å²) in [5.41, 5.74) is 8.53. The first-order valence-electron chi connectivity index (χ1n) is 7.16. The molecule has 1 unspecified atom stereocenters. The van der Waals surface area contributed by atoms with Crippen LogP contribution in [-0.4, -0.2) is 6.04 Å². The topological polar surface area (TPSA) is 35.2 Å². The van der Waals surface area contributed by atoms with Gasteiger partial charge in [0.05, 0.1) is 0 Å². The zero-order valence-electron chi connectivity index (χ0n) is 12.3. The van der Waals surface area contributed by atoms with Gasteiger partial charge in [-0.2, -0.15) is 0 Å². The highest BCUT2D eigenvalue weighted by Crippen LogP contribution is 2.17. The van der Waals surface area contributed by atoms with Crippen molar-refractivity contribution in [3.8, 4) is 5.75 Å². The minimum atomic E-state index is 0.194. The average molecular weight is 269 g/mol. The Labute approximate surface area is 121 Å². The van der Waals surface area contributed by atoms with Crippen molar-refractivity contribution in [1.82, 2.24) is 0 Å². The third-order valence-electron chi connectivity index (χ3n) is 3.47. The van der Waals surface area contributed by atoms with Crippen molar-refractivity contribution < 1.29 is 4.74 Å². The lowest BCUT2D eigenvalue weighted by atomic mass is 9.97. The molecule has 2 N–H and O–H groups in total. The number of hydrogen-bond donors (Lipinski definition) is 1. The molecule has 0 aliphatic carbocycles. The zero-order valence-corrected chi connectivity index (χ0v) is 12.3. The largest absolute Gasteiger partial charge is 0.489 e. The van der Waals surface area contributed by atoms with E-state index in [1.54, 1.807) is 0 Å². The Morgan fingerprint density at radius 3 is 2.35 bits per heavy atom. The van der Waals surface area contributed by atoms with Gasteiger partial charge in [-0.25, -0.2) is 0 Å². The first kappa shape index (κ1) is 14.6. The minimum Gasteiger partial charge on any atom is -0.489 e. The summed E-state index contributed by atoms with van der Waals surface area (Å²) in [6, 6.07) is 18.6. The molecule has 0 saturated carbocycles. The molecule has 0 fully saturated rings. The molecule has 0 amide bonds. The van der Waals surface area contributed by atoms with E-state index in [-0.39, 0.29) is 6.04 Å². The van der Waals surface area contributed by atoms with Crippen LogP contribution in [0.3, 0.4) is 0 Å². The van der Waals surface area contributed by atoms with Crippen LogP contribution in [0, 0.1) is 5.92 Å². The molecule has 2 heteroatoms. The molecule has 2 rings (SSSR count). The third kappa shape index (κ3) is 4.39. The molecule has 20 heavy (non-hydrogen) atoms. The predicted molar refractivity (Wildman–Crippen MR) is 83.7 cm³/mol. The molecule has 106 valence electrons. The SMILES string of the molecule is CC(C)C(N)Cc1cccc(OCc2ccccc2)c1. The summed E-state index contributed by atoms with van der Waals surface area (Å²) in [5, 5.41) is 0. The molecule has 1 atom stereocenters. The number of ether oxygens (including phenoxy) is 1. The van der Waals surface area contributed by atoms with E-state index in [9.17, 15) is 0 Å². The first-order valence-corrected chi connectivity index (χ1v) is 7.16. The number of benzene rings is 2. The summed E-state index contributed by atoms with van der Waals surface area (Å²) in [6.07, 6.45) is 0.889. The maximum Gasteiger partial charge on any atom is 0.120 e. The molecule has 0 aliphatic heterocycles. The highest BCUT2D eigenvalue weighted by atomic mass is 16.5. The van der Waals surface area contributed by atoms with Crippen molar-refractivity contribution in [3.05, 3.63) is 65.7 Å². The third-order valence-corrected chi connectivity index (χ3v) is 3.47. The minimum absolute atomic E-state index is 0.194. The summed E-state index contributed by atoms with van der Waals surface area (Å²) >= 11 is 0. The Morgan fingerprint density at radius 1 is 0.950 bits per heavy atom. The second-order valence-corrected chi connectivity index (χ2v) is 5.53. The van der Waals surface area contributed by atoms with Crippen LogP contribution in [0.15, 0.2) is 54.6 Å². The summed E-state index contributed by atoms with van der Waals surface area (Å²) in [7, 11) is 0. The van der Waals surface area contributed by atoms with Crippen LogP contribution in [-0.2, 0) is 13.0 Å². The quantitative estimate of drug-likeness (QED) is 0.866. The van der Waals surface area contributed by atoms with Crippen molar-refractivity contribution in [2.75, 3.05) is 0 Å². The second-order valence-electron chi connectivity index (χ2n) is 5.53. The first-order chi connectivity index (χ1) is 9.65. The van der Waals surface area contributed by atoms with Crippen LogP contribution in [0.1, 0.15) is 25.0 Å². The Morgan fingerprint density at radius 2 is 1.65 bits per heavy atom. The smallest absolute Gasteiger partial charge is 0.120 e. The van der Waals surface area contributed by atoms with Gasteiger partial charge in [-0.05, 0) is 35.6 Å². The van der Waals surface area contributed by atoms with Gasteiger partial charge in [0.2, 0.25) is 0 Å². The molecule has 0 heterocycles. The fourth-order valence-corrected chi connectivity index (χ4v) is 2.01. The molecule has 2 aromatic rings. The lowest BCUT2D eigenvalue weighted by molar-refractivity contribution is 0.306. The van der Waals surface area contributed by atoms with Crippen LogP contribution in [0.5, 0.6) is 5.75 Å².